The molecule has 1 N–H and O–H groups in total. The van der Waals surface area contributed by atoms with Crippen LogP contribution in [-0.2, 0) is 17.9 Å². The molecule has 132 valence electrons. The third-order valence-corrected chi connectivity index (χ3v) is 5.04. The molecular formula is C19H25N5O. The first-order valence-electron chi connectivity index (χ1n) is 9.19. The van der Waals surface area contributed by atoms with Gasteiger partial charge >= 0.3 is 0 Å². The molecule has 6 nitrogen and oxygen atoms in total. The van der Waals surface area contributed by atoms with Crippen LogP contribution in [0.2, 0.25) is 0 Å². The number of nitrogens with one attached hydrogen (secondary N) is 1. The van der Waals surface area contributed by atoms with Crippen molar-refractivity contribution in [3.8, 4) is 0 Å². The maximum atomic E-state index is 11.9. The summed E-state index contributed by atoms with van der Waals surface area (Å²) in [7, 11) is 0. The summed E-state index contributed by atoms with van der Waals surface area (Å²) in [4.78, 5) is 18.7. The van der Waals surface area contributed by atoms with Gasteiger partial charge in [0.05, 0.1) is 17.4 Å². The van der Waals surface area contributed by atoms with Crippen molar-refractivity contribution in [1.82, 2.24) is 25.0 Å². The highest BCUT2D eigenvalue weighted by Gasteiger charge is 2.27. The molecule has 3 heterocycles. The van der Waals surface area contributed by atoms with Gasteiger partial charge in [-0.3, -0.25) is 19.4 Å². The van der Waals surface area contributed by atoms with E-state index in [4.69, 9.17) is 0 Å². The zero-order valence-electron chi connectivity index (χ0n) is 14.5. The van der Waals surface area contributed by atoms with Crippen LogP contribution in [0.1, 0.15) is 43.1 Å². The third kappa shape index (κ3) is 4.25. The number of pyridine rings is 1. The second-order valence-electron chi connectivity index (χ2n) is 7.20. The molecule has 1 aliphatic carbocycles. The van der Waals surface area contributed by atoms with Gasteiger partial charge in [0.25, 0.3) is 0 Å². The van der Waals surface area contributed by atoms with Crippen molar-refractivity contribution < 1.29 is 4.79 Å². The molecule has 1 amide bonds. The molecule has 25 heavy (non-hydrogen) atoms. The molecular weight excluding hydrogens is 314 g/mol. The number of rotatable bonds is 7. The standard InChI is InChI=1S/C19H25N5O/c25-19(11-15-4-5-15)21-9-6-17-13-23(12-16-3-1-2-8-20-16)14-18-7-10-22-24(17)18/h1-3,7-8,10,15,17H,4-6,9,11-14H2,(H,21,25)/t17-/m1/s1. The fourth-order valence-corrected chi connectivity index (χ4v) is 3.55. The van der Waals surface area contributed by atoms with Gasteiger partial charge in [0.1, 0.15) is 0 Å². The van der Waals surface area contributed by atoms with E-state index in [9.17, 15) is 4.79 Å². The lowest BCUT2D eigenvalue weighted by atomic mass is 10.1. The van der Waals surface area contributed by atoms with Crippen LogP contribution >= 0.6 is 0 Å². The lowest BCUT2D eigenvalue weighted by molar-refractivity contribution is -0.121. The average molecular weight is 339 g/mol. The predicted molar refractivity (Wildman–Crippen MR) is 94.6 cm³/mol. The molecule has 2 aromatic heterocycles. The summed E-state index contributed by atoms with van der Waals surface area (Å²) in [5, 5.41) is 7.58. The van der Waals surface area contributed by atoms with Gasteiger partial charge < -0.3 is 5.32 Å². The lowest BCUT2D eigenvalue weighted by Gasteiger charge is -2.33. The Bertz CT molecular complexity index is 710. The summed E-state index contributed by atoms with van der Waals surface area (Å²) in [5.74, 6) is 0.839. The fraction of sp³-hybridized carbons (Fsp3) is 0.526. The summed E-state index contributed by atoms with van der Waals surface area (Å²) in [6, 6.07) is 8.43. The topological polar surface area (TPSA) is 63.1 Å². The average Bonchev–Trinajstić information content (AvgIpc) is 3.29. The van der Waals surface area contributed by atoms with Crippen molar-refractivity contribution in [3.63, 3.8) is 0 Å². The highest BCUT2D eigenvalue weighted by Crippen LogP contribution is 2.32. The molecule has 0 aromatic carbocycles. The van der Waals surface area contributed by atoms with Crippen molar-refractivity contribution in [2.75, 3.05) is 13.1 Å². The van der Waals surface area contributed by atoms with Crippen LogP contribution in [0.15, 0.2) is 36.7 Å². The second kappa shape index (κ2) is 7.35. The van der Waals surface area contributed by atoms with Crippen molar-refractivity contribution in [3.05, 3.63) is 48.0 Å². The fourth-order valence-electron chi connectivity index (χ4n) is 3.55. The number of fused-ring (bicyclic) bond motifs is 1. The molecule has 0 unspecified atom stereocenters. The largest absolute Gasteiger partial charge is 0.356 e. The van der Waals surface area contributed by atoms with Gasteiger partial charge in [-0.25, -0.2) is 0 Å². The van der Waals surface area contributed by atoms with Crippen LogP contribution in [0.5, 0.6) is 0 Å². The van der Waals surface area contributed by atoms with Gasteiger partial charge in [0, 0.05) is 45.0 Å². The zero-order valence-corrected chi connectivity index (χ0v) is 14.5. The van der Waals surface area contributed by atoms with E-state index >= 15 is 0 Å². The molecule has 0 bridgehead atoms. The van der Waals surface area contributed by atoms with Crippen molar-refractivity contribution in [2.45, 2.75) is 44.8 Å². The molecule has 0 saturated heterocycles. The maximum absolute atomic E-state index is 11.9. The van der Waals surface area contributed by atoms with Gasteiger partial charge in [0.2, 0.25) is 5.91 Å². The van der Waals surface area contributed by atoms with Crippen LogP contribution in [0.25, 0.3) is 0 Å². The molecule has 6 heteroatoms. The maximum Gasteiger partial charge on any atom is 0.220 e. The second-order valence-corrected chi connectivity index (χ2v) is 7.20. The summed E-state index contributed by atoms with van der Waals surface area (Å²) in [5.41, 5.74) is 2.32. The summed E-state index contributed by atoms with van der Waals surface area (Å²) >= 11 is 0. The van der Waals surface area contributed by atoms with Crippen molar-refractivity contribution in [2.24, 2.45) is 5.92 Å². The van der Waals surface area contributed by atoms with Gasteiger partial charge in [-0.05, 0) is 43.4 Å². The van der Waals surface area contributed by atoms with Gasteiger partial charge in [-0.1, -0.05) is 6.07 Å². The molecule has 2 aliphatic rings. The van der Waals surface area contributed by atoms with E-state index in [1.54, 1.807) is 0 Å². The number of carbonyl (C=O) groups excluding carboxylic acids is 1. The summed E-state index contributed by atoms with van der Waals surface area (Å²) < 4.78 is 2.13. The first-order valence-corrected chi connectivity index (χ1v) is 9.19. The Morgan fingerprint density at radius 1 is 1.24 bits per heavy atom. The predicted octanol–water partition coefficient (Wildman–Crippen LogP) is 2.14. The Labute approximate surface area is 148 Å². The van der Waals surface area contributed by atoms with E-state index < -0.39 is 0 Å². The van der Waals surface area contributed by atoms with E-state index in [1.807, 2.05) is 24.5 Å². The highest BCUT2D eigenvalue weighted by atomic mass is 16.1. The number of hydrogen-bond acceptors (Lipinski definition) is 4. The molecule has 4 rings (SSSR count). The number of nitrogens with zero attached hydrogens (tertiary/aromatic N) is 4. The van der Waals surface area contributed by atoms with Crippen molar-refractivity contribution >= 4 is 5.91 Å². The van der Waals surface area contributed by atoms with Crippen molar-refractivity contribution in [1.29, 1.82) is 0 Å². The minimum absolute atomic E-state index is 0.198. The van der Waals surface area contributed by atoms with Gasteiger partial charge in [0.15, 0.2) is 0 Å². The Morgan fingerprint density at radius 3 is 2.96 bits per heavy atom. The molecule has 1 aliphatic heterocycles. The molecule has 1 fully saturated rings. The first-order chi connectivity index (χ1) is 12.3. The van der Waals surface area contributed by atoms with Crippen LogP contribution in [0, 0.1) is 5.92 Å². The SMILES string of the molecule is O=C(CC1CC1)NCC[C@@H]1CN(Cc2ccccn2)Cc2ccnn21. The highest BCUT2D eigenvalue weighted by molar-refractivity contribution is 5.76. The number of carbonyl (C=O) groups is 1. The molecule has 0 radical (unpaired) electrons. The third-order valence-electron chi connectivity index (χ3n) is 5.04. The normalized spacial score (nSPS) is 20.2. The summed E-state index contributed by atoms with van der Waals surface area (Å²) in [6.07, 6.45) is 7.76. The van der Waals surface area contributed by atoms with Gasteiger partial charge in [-0.15, -0.1) is 0 Å². The smallest absolute Gasteiger partial charge is 0.220 e. The molecule has 1 saturated carbocycles. The zero-order chi connectivity index (χ0) is 17.1. The van der Waals surface area contributed by atoms with Crippen LogP contribution < -0.4 is 5.32 Å². The van der Waals surface area contributed by atoms with E-state index in [2.05, 4.69) is 37.1 Å². The minimum Gasteiger partial charge on any atom is -0.356 e. The van der Waals surface area contributed by atoms with Gasteiger partial charge in [-0.2, -0.15) is 5.10 Å². The van der Waals surface area contributed by atoms with Crippen LogP contribution in [0.3, 0.4) is 0 Å². The number of hydrogen-bond donors (Lipinski definition) is 1. The molecule has 2 aromatic rings. The lowest BCUT2D eigenvalue weighted by Crippen LogP contribution is -2.39. The van der Waals surface area contributed by atoms with E-state index in [1.165, 1.54) is 18.5 Å². The Morgan fingerprint density at radius 2 is 2.16 bits per heavy atom. The summed E-state index contributed by atoms with van der Waals surface area (Å²) in [6.45, 7) is 3.38. The Hall–Kier alpha value is -2.21. The number of amides is 1. The monoisotopic (exact) mass is 339 g/mol. The molecule has 1 atom stereocenters. The van der Waals surface area contributed by atoms with Crippen LogP contribution in [0.4, 0.5) is 0 Å². The molecule has 0 spiro atoms. The van der Waals surface area contributed by atoms with E-state index in [0.717, 1.165) is 31.7 Å². The van der Waals surface area contributed by atoms with E-state index in [0.29, 0.717) is 24.9 Å². The quantitative estimate of drug-likeness (QED) is 0.839. The Kier molecular flexibility index (Phi) is 4.78. The van der Waals surface area contributed by atoms with Crippen LogP contribution in [-0.4, -0.2) is 38.7 Å². The minimum atomic E-state index is 0.198. The Balaban J connectivity index is 1.34. The first kappa shape index (κ1) is 16.3. The number of aromatic nitrogens is 3. The van der Waals surface area contributed by atoms with E-state index in [-0.39, 0.29) is 5.91 Å².